The van der Waals surface area contributed by atoms with E-state index in [1.807, 2.05) is 0 Å². The summed E-state index contributed by atoms with van der Waals surface area (Å²) in [6.07, 6.45) is -0.810. The maximum absolute atomic E-state index is 11.3. The Morgan fingerprint density at radius 3 is 2.57 bits per heavy atom. The zero-order chi connectivity index (χ0) is 15.6. The Bertz CT molecular complexity index is 367. The number of aliphatic hydroxyl groups excluding tert-OH is 3. The van der Waals surface area contributed by atoms with Crippen LogP contribution >= 0.6 is 0 Å². The van der Waals surface area contributed by atoms with E-state index in [0.29, 0.717) is 5.92 Å². The quantitative estimate of drug-likeness (QED) is 0.415. The van der Waals surface area contributed by atoms with Crippen molar-refractivity contribution in [1.82, 2.24) is 5.32 Å². The van der Waals surface area contributed by atoms with Gasteiger partial charge in [-0.25, -0.2) is 0 Å². The van der Waals surface area contributed by atoms with E-state index in [1.165, 1.54) is 13.3 Å². The first kappa shape index (κ1) is 16.9. The van der Waals surface area contributed by atoms with E-state index in [0.717, 1.165) is 23.1 Å². The fraction of sp³-hybridized carbons (Fsp3) is 0.923. The fourth-order valence-electron chi connectivity index (χ4n) is 2.82. The van der Waals surface area contributed by atoms with Gasteiger partial charge < -0.3 is 30.1 Å². The molecule has 4 N–H and O–H groups in total. The van der Waals surface area contributed by atoms with Crippen molar-refractivity contribution in [2.75, 3.05) is 6.61 Å². The molecule has 0 aromatic rings. The van der Waals surface area contributed by atoms with E-state index in [1.54, 1.807) is 0 Å². The average Bonchev–Trinajstić information content (AvgIpc) is 2.35. The molecule has 8 heteroatoms. The van der Waals surface area contributed by atoms with Gasteiger partial charge in [0.15, 0.2) is 6.29 Å². The first-order chi connectivity index (χ1) is 9.93. The van der Waals surface area contributed by atoms with Crippen LogP contribution < -0.4 is 5.32 Å². The number of ether oxygens (including phenoxy) is 2. The Labute approximate surface area is 127 Å². The molecule has 1 aliphatic carbocycles. The normalized spacial score (nSPS) is 38.8. The summed E-state index contributed by atoms with van der Waals surface area (Å²) in [6, 6.07) is -0.836. The molecule has 1 saturated carbocycles. The summed E-state index contributed by atoms with van der Waals surface area (Å²) in [7, 11) is 0.819. The Balaban J connectivity index is 2.06. The van der Waals surface area contributed by atoms with Crippen LogP contribution in [0.1, 0.15) is 26.2 Å². The van der Waals surface area contributed by atoms with Crippen LogP contribution in [-0.4, -0.2) is 74.4 Å². The highest BCUT2D eigenvalue weighted by atomic mass is 28.1. The third-order valence-corrected chi connectivity index (χ3v) is 5.63. The molecule has 1 aliphatic heterocycles. The van der Waals surface area contributed by atoms with Crippen LogP contribution in [0.3, 0.4) is 0 Å². The molecule has 1 heterocycles. The lowest BCUT2D eigenvalue weighted by Crippen LogP contribution is -2.65. The Morgan fingerprint density at radius 2 is 2.10 bits per heavy atom. The molecule has 0 aromatic heterocycles. The second kappa shape index (κ2) is 7.17. The van der Waals surface area contributed by atoms with Crippen LogP contribution in [0.25, 0.3) is 0 Å². The van der Waals surface area contributed by atoms with Crippen molar-refractivity contribution in [3.8, 4) is 0 Å². The van der Waals surface area contributed by atoms with Gasteiger partial charge in [-0.05, 0) is 18.8 Å². The highest BCUT2D eigenvalue weighted by molar-refractivity contribution is 6.11. The van der Waals surface area contributed by atoms with Crippen LogP contribution in [0.4, 0.5) is 0 Å². The molecule has 0 bridgehead atoms. The van der Waals surface area contributed by atoms with Crippen molar-refractivity contribution in [2.45, 2.75) is 62.6 Å². The molecular formula is C13H25NO6Si. The van der Waals surface area contributed by atoms with Crippen molar-refractivity contribution in [1.29, 1.82) is 0 Å². The van der Waals surface area contributed by atoms with Gasteiger partial charge in [0.25, 0.3) is 0 Å². The van der Waals surface area contributed by atoms with E-state index < -0.39 is 37.3 Å². The average molecular weight is 319 g/mol. The maximum Gasteiger partial charge on any atom is 0.217 e. The molecule has 2 rings (SSSR count). The van der Waals surface area contributed by atoms with Crippen LogP contribution in [0.15, 0.2) is 0 Å². The molecule has 122 valence electrons. The first-order valence-corrected chi connectivity index (χ1v) is 8.64. The largest absolute Gasteiger partial charge is 0.394 e. The number of hydrogen-bond acceptors (Lipinski definition) is 6. The van der Waals surface area contributed by atoms with E-state index in [9.17, 15) is 20.1 Å². The molecule has 2 aliphatic rings. The van der Waals surface area contributed by atoms with Gasteiger partial charge in [-0.2, -0.15) is 0 Å². The van der Waals surface area contributed by atoms with E-state index >= 15 is 0 Å². The summed E-state index contributed by atoms with van der Waals surface area (Å²) in [6.45, 7) is 0.915. The standard InChI is InChI=1S/C13H25NO6Si/c1-6(16)14-9-11(18)10(17)8(5-15)19-12(9)20-13(21)7-3-2-4-7/h7-13,15,17-18H,2-5H2,1,21H3,(H,14,16)/t8?,9?,10-,11?,12+,13?/m0/s1. The van der Waals surface area contributed by atoms with Gasteiger partial charge in [0.2, 0.25) is 5.91 Å². The summed E-state index contributed by atoms with van der Waals surface area (Å²) in [4.78, 5) is 11.3. The van der Waals surface area contributed by atoms with Crippen molar-refractivity contribution in [3.05, 3.63) is 0 Å². The SMILES string of the molecule is CC(=O)NC1C(O)[C@@H](O)C(CO)O[C@@H]1OC([SiH3])C1CCC1. The minimum Gasteiger partial charge on any atom is -0.394 e. The van der Waals surface area contributed by atoms with Crippen molar-refractivity contribution < 1.29 is 29.6 Å². The summed E-state index contributed by atoms with van der Waals surface area (Å²) in [5.41, 5.74) is 0.0711. The molecule has 6 atom stereocenters. The second-order valence-electron chi connectivity index (χ2n) is 5.97. The molecule has 2 fully saturated rings. The predicted molar refractivity (Wildman–Crippen MR) is 77.5 cm³/mol. The fourth-order valence-corrected chi connectivity index (χ4v) is 3.75. The maximum atomic E-state index is 11.3. The molecule has 1 amide bonds. The Kier molecular flexibility index (Phi) is 5.75. The molecule has 0 aromatic carbocycles. The predicted octanol–water partition coefficient (Wildman–Crippen LogP) is -2.56. The van der Waals surface area contributed by atoms with Crippen LogP contribution in [0, 0.1) is 5.92 Å². The molecule has 21 heavy (non-hydrogen) atoms. The highest BCUT2D eigenvalue weighted by Crippen LogP contribution is 2.32. The van der Waals surface area contributed by atoms with Crippen molar-refractivity contribution in [2.24, 2.45) is 5.92 Å². The van der Waals surface area contributed by atoms with Gasteiger partial charge in [0.1, 0.15) is 24.4 Å². The molecule has 7 nitrogen and oxygen atoms in total. The van der Waals surface area contributed by atoms with Gasteiger partial charge in [-0.15, -0.1) is 0 Å². The number of carbonyl (C=O) groups excluding carboxylic acids is 1. The molecule has 0 radical (unpaired) electrons. The van der Waals surface area contributed by atoms with E-state index in [2.05, 4.69) is 5.32 Å². The highest BCUT2D eigenvalue weighted by Gasteiger charge is 2.46. The topological polar surface area (TPSA) is 108 Å². The number of rotatable bonds is 5. The van der Waals surface area contributed by atoms with Gasteiger partial charge in [0.05, 0.1) is 6.61 Å². The Hall–Kier alpha value is -0.513. The third kappa shape index (κ3) is 3.82. The minimum absolute atomic E-state index is 0.0711. The molecule has 0 spiro atoms. The lowest BCUT2D eigenvalue weighted by atomic mass is 9.86. The first-order valence-electron chi connectivity index (χ1n) is 7.49. The van der Waals surface area contributed by atoms with E-state index in [-0.39, 0.29) is 11.6 Å². The monoisotopic (exact) mass is 319 g/mol. The molecular weight excluding hydrogens is 294 g/mol. The summed E-state index contributed by atoms with van der Waals surface area (Å²) < 4.78 is 11.4. The third-order valence-electron chi connectivity index (χ3n) is 4.41. The van der Waals surface area contributed by atoms with Gasteiger partial charge in [0, 0.05) is 22.9 Å². The van der Waals surface area contributed by atoms with Gasteiger partial charge in [-0.1, -0.05) is 6.42 Å². The number of hydrogen-bond donors (Lipinski definition) is 4. The van der Waals surface area contributed by atoms with Crippen LogP contribution in [-0.2, 0) is 14.3 Å². The Morgan fingerprint density at radius 1 is 1.43 bits per heavy atom. The van der Waals surface area contributed by atoms with Crippen LogP contribution in [0.5, 0.6) is 0 Å². The lowest BCUT2D eigenvalue weighted by Gasteiger charge is -2.44. The van der Waals surface area contributed by atoms with Gasteiger partial charge in [-0.3, -0.25) is 4.79 Å². The summed E-state index contributed by atoms with van der Waals surface area (Å²) in [5.74, 6) is 0.175. The minimum atomic E-state index is -1.26. The second-order valence-corrected chi connectivity index (χ2v) is 7.10. The molecule has 1 saturated heterocycles. The zero-order valence-electron chi connectivity index (χ0n) is 12.4. The number of nitrogens with one attached hydrogen (secondary N) is 1. The molecule has 4 unspecified atom stereocenters. The lowest BCUT2D eigenvalue weighted by molar-refractivity contribution is -0.279. The van der Waals surface area contributed by atoms with Crippen molar-refractivity contribution in [3.63, 3.8) is 0 Å². The summed E-state index contributed by atoms with van der Waals surface area (Å²) >= 11 is 0. The summed E-state index contributed by atoms with van der Waals surface area (Å²) in [5, 5.41) is 31.9. The van der Waals surface area contributed by atoms with Crippen LogP contribution in [0.2, 0.25) is 0 Å². The van der Waals surface area contributed by atoms with E-state index in [4.69, 9.17) is 9.47 Å². The smallest absolute Gasteiger partial charge is 0.217 e. The van der Waals surface area contributed by atoms with Crippen molar-refractivity contribution >= 4 is 16.1 Å². The number of amides is 1. The number of aliphatic hydroxyl groups is 3. The van der Waals surface area contributed by atoms with Gasteiger partial charge >= 0.3 is 0 Å². The number of carbonyl (C=O) groups is 1. The zero-order valence-corrected chi connectivity index (χ0v) is 14.4.